The smallest absolute Gasteiger partial charge is 0.0533 e. The summed E-state index contributed by atoms with van der Waals surface area (Å²) in [6.45, 7) is 20.5. The first-order valence-electron chi connectivity index (χ1n) is 7.91. The minimum atomic E-state index is 1.36. The van der Waals surface area contributed by atoms with Gasteiger partial charge in [-0.15, -0.1) is 0 Å². The van der Waals surface area contributed by atoms with Crippen molar-refractivity contribution in [1.29, 1.82) is 0 Å². The van der Waals surface area contributed by atoms with Crippen LogP contribution in [-0.2, 0) is 0 Å². The van der Waals surface area contributed by atoms with Gasteiger partial charge in [0.1, 0.15) is 0 Å². The molecule has 0 aromatic heterocycles. The van der Waals surface area contributed by atoms with E-state index < -0.39 is 0 Å². The van der Waals surface area contributed by atoms with Crippen molar-refractivity contribution in [2.45, 2.75) is 108 Å². The first-order valence-corrected chi connectivity index (χ1v) is 7.91. The molecule has 106 valence electrons. The molecule has 0 saturated heterocycles. The first kappa shape index (κ1) is 29.8. The molecular formula is C16H42. The zero-order valence-corrected chi connectivity index (χ0v) is 14.2. The van der Waals surface area contributed by atoms with Crippen molar-refractivity contribution in [3.8, 4) is 0 Å². The fraction of sp³-hybridized carbons (Fsp3) is 1.00. The fourth-order valence-electron chi connectivity index (χ4n) is 0.854. The summed E-state index contributed by atoms with van der Waals surface area (Å²) >= 11 is 0. The van der Waals surface area contributed by atoms with Gasteiger partial charge in [-0.25, -0.2) is 0 Å². The van der Waals surface area contributed by atoms with E-state index >= 15 is 0 Å². The van der Waals surface area contributed by atoms with Crippen LogP contribution in [0.25, 0.3) is 0 Å². The molecule has 0 aromatic rings. The van der Waals surface area contributed by atoms with Gasteiger partial charge in [0.2, 0.25) is 0 Å². The number of hydrogen-bond donors (Lipinski definition) is 0. The quantitative estimate of drug-likeness (QED) is 0.433. The molecule has 0 heterocycles. The molecule has 0 heteroatoms. The van der Waals surface area contributed by atoms with Gasteiger partial charge in [0.25, 0.3) is 0 Å². The van der Waals surface area contributed by atoms with Gasteiger partial charge in [0, 0.05) is 0 Å². The lowest BCUT2D eigenvalue weighted by Crippen LogP contribution is -1.73. The zero-order valence-electron chi connectivity index (χ0n) is 14.2. The summed E-state index contributed by atoms with van der Waals surface area (Å²) in [6.07, 6.45) is 8.49. The summed E-state index contributed by atoms with van der Waals surface area (Å²) in [5.41, 5.74) is 0. The van der Waals surface area contributed by atoms with E-state index in [-0.39, 0.29) is 0 Å². The Balaban J connectivity index is -0.0000000426. The fourth-order valence-corrected chi connectivity index (χ4v) is 0.854. The first-order chi connectivity index (χ1) is 7.91. The lowest BCUT2D eigenvalue weighted by Gasteiger charge is -1.93. The molecule has 0 aromatic carbocycles. The molecular weight excluding hydrogens is 192 g/mol. The second-order valence-electron chi connectivity index (χ2n) is 2.41. The van der Waals surface area contributed by atoms with E-state index in [1.54, 1.807) is 0 Å². The number of rotatable bonds is 5. The standard InChI is InChI=1S/C8H18.4C2H6/c1-3-5-7-8-6-4-2;4*1-2/h3-8H2,1-2H3;4*1-2H3. The van der Waals surface area contributed by atoms with E-state index in [2.05, 4.69) is 13.8 Å². The molecule has 0 N–H and O–H groups in total. The molecule has 0 atom stereocenters. The van der Waals surface area contributed by atoms with E-state index in [1.807, 2.05) is 55.4 Å². The van der Waals surface area contributed by atoms with Crippen LogP contribution in [0.1, 0.15) is 108 Å². The van der Waals surface area contributed by atoms with Crippen LogP contribution in [0, 0.1) is 0 Å². The second kappa shape index (κ2) is 81.7. The monoisotopic (exact) mass is 234 g/mol. The van der Waals surface area contributed by atoms with Crippen LogP contribution in [0.2, 0.25) is 0 Å². The minimum absolute atomic E-state index is 1.36. The highest BCUT2D eigenvalue weighted by atomic mass is 13.9. The Bertz CT molecular complexity index is 25.0. The molecule has 0 radical (unpaired) electrons. The Morgan fingerprint density at radius 3 is 0.688 bits per heavy atom. The van der Waals surface area contributed by atoms with Crippen LogP contribution in [0.15, 0.2) is 0 Å². The SMILES string of the molecule is CC.CC.CC.CC.CCCCCCCC. The van der Waals surface area contributed by atoms with Gasteiger partial charge in [-0.05, 0) is 0 Å². The Hall–Kier alpha value is 0. The Morgan fingerprint density at radius 1 is 0.375 bits per heavy atom. The summed E-state index contributed by atoms with van der Waals surface area (Å²) in [5.74, 6) is 0. The van der Waals surface area contributed by atoms with Crippen molar-refractivity contribution in [3.05, 3.63) is 0 Å². The average molecular weight is 235 g/mol. The molecule has 0 aliphatic carbocycles. The lowest BCUT2D eigenvalue weighted by atomic mass is 10.1. The molecule has 0 aliphatic heterocycles. The summed E-state index contributed by atoms with van der Waals surface area (Å²) < 4.78 is 0. The molecule has 0 bridgehead atoms. The van der Waals surface area contributed by atoms with Crippen LogP contribution in [0.5, 0.6) is 0 Å². The molecule has 0 fully saturated rings. The predicted molar refractivity (Wildman–Crippen MR) is 84.4 cm³/mol. The summed E-state index contributed by atoms with van der Waals surface area (Å²) in [7, 11) is 0. The summed E-state index contributed by atoms with van der Waals surface area (Å²) in [4.78, 5) is 0. The zero-order chi connectivity index (χ0) is 14.2. The van der Waals surface area contributed by atoms with Crippen molar-refractivity contribution < 1.29 is 0 Å². The molecule has 0 unspecified atom stereocenters. The Kier molecular flexibility index (Phi) is 152. The third kappa shape index (κ3) is 94.6. The van der Waals surface area contributed by atoms with Gasteiger partial charge in [-0.3, -0.25) is 0 Å². The van der Waals surface area contributed by atoms with Gasteiger partial charge >= 0.3 is 0 Å². The Morgan fingerprint density at radius 2 is 0.562 bits per heavy atom. The third-order valence-corrected chi connectivity index (χ3v) is 1.46. The predicted octanol–water partition coefficient (Wildman–Crippen LogP) is 7.47. The number of unbranched alkanes of at least 4 members (excludes halogenated alkanes) is 5. The third-order valence-electron chi connectivity index (χ3n) is 1.46. The van der Waals surface area contributed by atoms with Crippen LogP contribution in [0.4, 0.5) is 0 Å². The topological polar surface area (TPSA) is 0 Å². The molecule has 0 aliphatic rings. The van der Waals surface area contributed by atoms with E-state index in [1.165, 1.54) is 38.5 Å². The average Bonchev–Trinajstić information content (AvgIpc) is 2.44. The molecule has 0 nitrogen and oxygen atoms in total. The van der Waals surface area contributed by atoms with Crippen molar-refractivity contribution >= 4 is 0 Å². The highest BCUT2D eigenvalue weighted by Crippen LogP contribution is 2.03. The van der Waals surface area contributed by atoms with Crippen molar-refractivity contribution in [3.63, 3.8) is 0 Å². The molecule has 0 rings (SSSR count). The molecule has 0 saturated carbocycles. The van der Waals surface area contributed by atoms with Crippen molar-refractivity contribution in [1.82, 2.24) is 0 Å². The molecule has 0 spiro atoms. The van der Waals surface area contributed by atoms with Crippen LogP contribution in [0.3, 0.4) is 0 Å². The highest BCUT2D eigenvalue weighted by molar-refractivity contribution is 4.39. The van der Waals surface area contributed by atoms with Gasteiger partial charge < -0.3 is 0 Å². The summed E-state index contributed by atoms with van der Waals surface area (Å²) in [6, 6.07) is 0. The molecule has 16 heavy (non-hydrogen) atoms. The van der Waals surface area contributed by atoms with Crippen molar-refractivity contribution in [2.24, 2.45) is 0 Å². The number of hydrogen-bond acceptors (Lipinski definition) is 0. The summed E-state index contributed by atoms with van der Waals surface area (Å²) in [5, 5.41) is 0. The highest BCUT2D eigenvalue weighted by Gasteiger charge is 1.83. The molecule has 0 amide bonds. The minimum Gasteiger partial charge on any atom is -0.0683 e. The van der Waals surface area contributed by atoms with E-state index in [0.29, 0.717) is 0 Å². The van der Waals surface area contributed by atoms with Crippen LogP contribution < -0.4 is 0 Å². The van der Waals surface area contributed by atoms with Gasteiger partial charge in [0.05, 0.1) is 0 Å². The maximum atomic E-state index is 2.26. The van der Waals surface area contributed by atoms with E-state index in [0.717, 1.165) is 0 Å². The van der Waals surface area contributed by atoms with E-state index in [4.69, 9.17) is 0 Å². The van der Waals surface area contributed by atoms with Crippen molar-refractivity contribution in [2.75, 3.05) is 0 Å². The maximum Gasteiger partial charge on any atom is -0.0533 e. The van der Waals surface area contributed by atoms with Crippen LogP contribution in [-0.4, -0.2) is 0 Å². The lowest BCUT2D eigenvalue weighted by molar-refractivity contribution is 0.624. The normalized spacial score (nSPS) is 6.38. The van der Waals surface area contributed by atoms with Gasteiger partial charge in [0.15, 0.2) is 0 Å². The second-order valence-corrected chi connectivity index (χ2v) is 2.41. The largest absolute Gasteiger partial charge is 0.0683 e. The van der Waals surface area contributed by atoms with Gasteiger partial charge in [-0.2, -0.15) is 0 Å². The van der Waals surface area contributed by atoms with E-state index in [9.17, 15) is 0 Å². The van der Waals surface area contributed by atoms with Gasteiger partial charge in [-0.1, -0.05) is 108 Å². The maximum absolute atomic E-state index is 2.26. The Labute approximate surface area is 108 Å². The van der Waals surface area contributed by atoms with Crippen LogP contribution >= 0.6 is 0 Å².